The van der Waals surface area contributed by atoms with Gasteiger partial charge in [-0.05, 0) is 43.8 Å². The molecular weight excluding hydrogens is 388 g/mol. The van der Waals surface area contributed by atoms with Gasteiger partial charge in [0.2, 0.25) is 11.8 Å². The van der Waals surface area contributed by atoms with Crippen LogP contribution in [0.25, 0.3) is 21.8 Å². The molecule has 3 atom stereocenters. The lowest BCUT2D eigenvalue weighted by Crippen LogP contribution is -2.24. The molecule has 1 fully saturated rings. The van der Waals surface area contributed by atoms with E-state index >= 15 is 0 Å². The molecule has 0 aliphatic carbocycles. The molecule has 31 heavy (non-hydrogen) atoms. The fraction of sp³-hybridized carbons (Fsp3) is 0.280. The molecule has 3 heterocycles. The summed E-state index contributed by atoms with van der Waals surface area (Å²) in [4.78, 5) is 31.5. The van der Waals surface area contributed by atoms with Crippen molar-refractivity contribution in [3.05, 3.63) is 72.1 Å². The molecule has 6 nitrogen and oxygen atoms in total. The van der Waals surface area contributed by atoms with Gasteiger partial charge in [0.15, 0.2) is 0 Å². The fourth-order valence-electron chi connectivity index (χ4n) is 5.11. The lowest BCUT2D eigenvalue weighted by Gasteiger charge is -2.25. The average molecular weight is 415 g/mol. The van der Waals surface area contributed by atoms with Crippen LogP contribution in [0.15, 0.2) is 60.9 Å². The Morgan fingerprint density at radius 3 is 2.29 bits per heavy atom. The Morgan fingerprint density at radius 2 is 1.58 bits per heavy atom. The first-order chi connectivity index (χ1) is 15.0. The molecule has 4 aromatic rings. The van der Waals surface area contributed by atoms with Gasteiger partial charge in [-0.2, -0.15) is 0 Å². The zero-order chi connectivity index (χ0) is 21.7. The minimum atomic E-state index is -0.572. The van der Waals surface area contributed by atoms with Crippen molar-refractivity contribution in [2.45, 2.75) is 31.3 Å². The second kappa shape index (κ2) is 7.39. The van der Waals surface area contributed by atoms with E-state index in [-0.39, 0.29) is 18.0 Å². The molecule has 3 unspecified atom stereocenters. The van der Waals surface area contributed by atoms with Gasteiger partial charge in [-0.3, -0.25) is 19.8 Å². The number of H-pyrrole nitrogens is 1. The highest BCUT2D eigenvalue weighted by atomic mass is 16.2. The molecule has 1 aliphatic heterocycles. The number of imide groups is 1. The van der Waals surface area contributed by atoms with Crippen LogP contribution in [0.5, 0.6) is 0 Å². The number of aromatic nitrogens is 2. The van der Waals surface area contributed by atoms with Crippen molar-refractivity contribution < 1.29 is 9.59 Å². The third kappa shape index (κ3) is 2.98. The largest absolute Gasteiger partial charge is 0.361 e. The first-order valence-corrected chi connectivity index (χ1v) is 10.7. The molecule has 2 aromatic carbocycles. The summed E-state index contributed by atoms with van der Waals surface area (Å²) in [5.74, 6) is -1.61. The molecule has 2 amide bonds. The van der Waals surface area contributed by atoms with E-state index < -0.39 is 11.8 Å². The maximum atomic E-state index is 13.1. The minimum absolute atomic E-state index is 0.158. The molecule has 0 spiro atoms. The Labute approximate surface area is 180 Å². The lowest BCUT2D eigenvalue weighted by atomic mass is 9.83. The summed E-state index contributed by atoms with van der Waals surface area (Å²) in [5.41, 5.74) is 3.79. The monoisotopic (exact) mass is 414 g/mol. The molecule has 0 radical (unpaired) electrons. The number of benzene rings is 2. The molecule has 2 aromatic heterocycles. The van der Waals surface area contributed by atoms with Crippen molar-refractivity contribution in [3.8, 4) is 0 Å². The number of fused-ring (bicyclic) bond motifs is 2. The van der Waals surface area contributed by atoms with Crippen molar-refractivity contribution in [2.75, 3.05) is 14.1 Å². The van der Waals surface area contributed by atoms with Gasteiger partial charge >= 0.3 is 0 Å². The summed E-state index contributed by atoms with van der Waals surface area (Å²) in [6, 6.07) is 16.0. The van der Waals surface area contributed by atoms with E-state index in [4.69, 9.17) is 0 Å². The van der Waals surface area contributed by atoms with Crippen molar-refractivity contribution in [2.24, 2.45) is 0 Å². The van der Waals surface area contributed by atoms with Crippen LogP contribution >= 0.6 is 0 Å². The van der Waals surface area contributed by atoms with Crippen molar-refractivity contribution in [3.63, 3.8) is 0 Å². The highest BCUT2D eigenvalue weighted by Crippen LogP contribution is 2.43. The lowest BCUT2D eigenvalue weighted by molar-refractivity contribution is -0.125. The van der Waals surface area contributed by atoms with Gasteiger partial charge in [0.1, 0.15) is 0 Å². The summed E-state index contributed by atoms with van der Waals surface area (Å²) >= 11 is 0. The van der Waals surface area contributed by atoms with Gasteiger partial charge in [-0.25, -0.2) is 0 Å². The smallest absolute Gasteiger partial charge is 0.235 e. The zero-order valence-electron chi connectivity index (χ0n) is 17.9. The molecular formula is C25H26N4O2. The molecule has 0 bridgehead atoms. The SMILES string of the molecule is CCC(N(C)C)n1cc(C2C(=O)NC(=O)C2c2c[nH]c3ccccc23)c2ccccc21. The summed E-state index contributed by atoms with van der Waals surface area (Å²) in [6.45, 7) is 2.15. The average Bonchev–Trinajstić information content (AvgIpc) is 3.42. The number of hydrogen-bond acceptors (Lipinski definition) is 3. The Hall–Kier alpha value is -3.38. The number of carbonyl (C=O) groups is 2. The number of aromatic amines is 1. The van der Waals surface area contributed by atoms with E-state index in [1.54, 1.807) is 0 Å². The van der Waals surface area contributed by atoms with Crippen molar-refractivity contribution in [1.82, 2.24) is 19.8 Å². The number of para-hydroxylation sites is 2. The predicted octanol–water partition coefficient (Wildman–Crippen LogP) is 4.12. The Kier molecular flexibility index (Phi) is 4.67. The van der Waals surface area contributed by atoms with E-state index in [1.165, 1.54) is 0 Å². The molecule has 2 N–H and O–H groups in total. The van der Waals surface area contributed by atoms with Crippen LogP contribution in [0, 0.1) is 0 Å². The van der Waals surface area contributed by atoms with E-state index in [0.29, 0.717) is 0 Å². The quantitative estimate of drug-likeness (QED) is 0.483. The summed E-state index contributed by atoms with van der Waals surface area (Å²) in [6.07, 6.45) is 5.02. The highest BCUT2D eigenvalue weighted by Gasteiger charge is 2.45. The minimum Gasteiger partial charge on any atom is -0.361 e. The van der Waals surface area contributed by atoms with E-state index in [9.17, 15) is 9.59 Å². The first kappa shape index (κ1) is 19.6. The molecule has 158 valence electrons. The number of nitrogens with one attached hydrogen (secondary N) is 2. The highest BCUT2D eigenvalue weighted by molar-refractivity contribution is 6.13. The number of carbonyl (C=O) groups excluding carboxylic acids is 2. The van der Waals surface area contributed by atoms with Crippen molar-refractivity contribution >= 4 is 33.6 Å². The topological polar surface area (TPSA) is 70.1 Å². The standard InChI is InChI=1S/C25H26N4O2/c1-4-21(28(2)3)29-14-18(16-10-6-8-12-20(16)29)23-22(24(30)27-25(23)31)17-13-26-19-11-7-5-9-15(17)19/h5-14,21-23,26H,4H2,1-3H3,(H,27,30,31). The van der Waals surface area contributed by atoms with E-state index in [1.807, 2.05) is 48.7 Å². The van der Waals surface area contributed by atoms with Gasteiger partial charge in [0.05, 0.1) is 18.0 Å². The summed E-state index contributed by atoms with van der Waals surface area (Å²) in [5, 5.41) is 4.59. The Morgan fingerprint density at radius 1 is 0.935 bits per heavy atom. The number of rotatable bonds is 5. The maximum Gasteiger partial charge on any atom is 0.235 e. The number of hydrogen-bond donors (Lipinski definition) is 2. The summed E-state index contributed by atoms with van der Waals surface area (Å²) < 4.78 is 2.23. The van der Waals surface area contributed by atoms with Gasteiger partial charge in [0.25, 0.3) is 0 Å². The van der Waals surface area contributed by atoms with Crippen molar-refractivity contribution in [1.29, 1.82) is 0 Å². The van der Waals surface area contributed by atoms with Crippen LogP contribution in [0.3, 0.4) is 0 Å². The zero-order valence-corrected chi connectivity index (χ0v) is 17.9. The van der Waals surface area contributed by atoms with Gasteiger partial charge < -0.3 is 9.55 Å². The summed E-state index contributed by atoms with van der Waals surface area (Å²) in [7, 11) is 4.12. The van der Waals surface area contributed by atoms with Gasteiger partial charge in [0, 0.05) is 34.2 Å². The first-order valence-electron chi connectivity index (χ1n) is 10.7. The van der Waals surface area contributed by atoms with Crippen LogP contribution in [0.2, 0.25) is 0 Å². The molecule has 1 saturated heterocycles. The molecule has 6 heteroatoms. The van der Waals surface area contributed by atoms with Crippen LogP contribution in [0.1, 0.15) is 42.5 Å². The van der Waals surface area contributed by atoms with E-state index in [2.05, 4.69) is 53.1 Å². The van der Waals surface area contributed by atoms with Gasteiger partial charge in [-0.1, -0.05) is 43.3 Å². The third-order valence-corrected chi connectivity index (χ3v) is 6.49. The van der Waals surface area contributed by atoms with E-state index in [0.717, 1.165) is 39.4 Å². The van der Waals surface area contributed by atoms with Crippen LogP contribution in [0.4, 0.5) is 0 Å². The molecule has 5 rings (SSSR count). The van der Waals surface area contributed by atoms with Gasteiger partial charge in [-0.15, -0.1) is 0 Å². The second-order valence-electron chi connectivity index (χ2n) is 8.46. The van der Waals surface area contributed by atoms with Crippen LogP contribution < -0.4 is 5.32 Å². The predicted molar refractivity (Wildman–Crippen MR) is 122 cm³/mol. The van der Waals surface area contributed by atoms with Crippen LogP contribution in [-0.4, -0.2) is 40.4 Å². The normalized spacial score (nSPS) is 20.1. The number of nitrogens with zero attached hydrogens (tertiary/aromatic N) is 2. The maximum absolute atomic E-state index is 13.1. The Balaban J connectivity index is 1.71. The second-order valence-corrected chi connectivity index (χ2v) is 8.46. The number of amides is 2. The fourth-order valence-corrected chi connectivity index (χ4v) is 5.11. The Bertz CT molecular complexity index is 1300. The third-order valence-electron chi connectivity index (χ3n) is 6.49. The molecule has 0 saturated carbocycles. The van der Waals surface area contributed by atoms with Crippen LogP contribution in [-0.2, 0) is 9.59 Å². The molecule has 1 aliphatic rings.